The molecule has 32 heavy (non-hydrogen) atoms. The standard InChI is InChI=1S/C29H30N2O/c1-17-8-10-23-21(12-17)16-26-28(30-23)31(24-13-18(2)9-11-25(24)32-26)27-19(3)14-22(15-20(27)4)29(5,6)7/h8-16H,1-7H3. The summed E-state index contributed by atoms with van der Waals surface area (Å²) >= 11 is 0. The lowest BCUT2D eigenvalue weighted by Gasteiger charge is -2.35. The number of pyridine rings is 1. The highest BCUT2D eigenvalue weighted by atomic mass is 16.5. The number of nitrogens with zero attached hydrogens (tertiary/aromatic N) is 2. The largest absolute Gasteiger partial charge is 0.451 e. The number of aromatic nitrogens is 1. The average Bonchev–Trinajstić information content (AvgIpc) is 2.71. The summed E-state index contributed by atoms with van der Waals surface area (Å²) in [5.74, 6) is 2.49. The first-order valence-electron chi connectivity index (χ1n) is 11.2. The molecule has 0 unspecified atom stereocenters. The molecule has 1 aliphatic rings. The van der Waals surface area contributed by atoms with Gasteiger partial charge in [0.15, 0.2) is 17.3 Å². The van der Waals surface area contributed by atoms with Gasteiger partial charge in [0.05, 0.1) is 16.9 Å². The number of rotatable bonds is 1. The van der Waals surface area contributed by atoms with Gasteiger partial charge in [-0.25, -0.2) is 4.98 Å². The van der Waals surface area contributed by atoms with E-state index >= 15 is 0 Å². The lowest BCUT2D eigenvalue weighted by molar-refractivity contribution is 0.475. The van der Waals surface area contributed by atoms with Crippen LogP contribution in [0.1, 0.15) is 48.6 Å². The van der Waals surface area contributed by atoms with Gasteiger partial charge in [-0.2, -0.15) is 0 Å². The van der Waals surface area contributed by atoms with Crippen LogP contribution in [0.2, 0.25) is 0 Å². The highest BCUT2D eigenvalue weighted by Gasteiger charge is 2.30. The van der Waals surface area contributed by atoms with E-state index in [-0.39, 0.29) is 5.41 Å². The Balaban J connectivity index is 1.81. The zero-order valence-electron chi connectivity index (χ0n) is 20.0. The normalized spacial score (nSPS) is 13.0. The molecule has 0 aliphatic carbocycles. The quantitative estimate of drug-likeness (QED) is 0.271. The zero-order valence-corrected chi connectivity index (χ0v) is 20.0. The Hall–Kier alpha value is -3.33. The molecule has 4 aromatic rings. The topological polar surface area (TPSA) is 25.4 Å². The molecule has 0 amide bonds. The second-order valence-electron chi connectivity index (χ2n) is 10.1. The summed E-state index contributed by atoms with van der Waals surface area (Å²) in [7, 11) is 0. The first-order chi connectivity index (χ1) is 15.1. The number of hydrogen-bond acceptors (Lipinski definition) is 3. The van der Waals surface area contributed by atoms with Crippen molar-refractivity contribution in [2.75, 3.05) is 4.90 Å². The van der Waals surface area contributed by atoms with Crippen LogP contribution in [0.4, 0.5) is 17.2 Å². The number of fused-ring (bicyclic) bond motifs is 3. The van der Waals surface area contributed by atoms with Gasteiger partial charge in [0.2, 0.25) is 0 Å². The molecular formula is C29H30N2O. The smallest absolute Gasteiger partial charge is 0.181 e. The Morgan fingerprint density at radius 2 is 1.41 bits per heavy atom. The van der Waals surface area contributed by atoms with Crippen LogP contribution in [0.5, 0.6) is 11.5 Å². The summed E-state index contributed by atoms with van der Waals surface area (Å²) < 4.78 is 6.39. The van der Waals surface area contributed by atoms with Crippen molar-refractivity contribution in [3.05, 3.63) is 82.4 Å². The zero-order chi connectivity index (χ0) is 22.8. The lowest BCUT2D eigenvalue weighted by Crippen LogP contribution is -2.20. The van der Waals surface area contributed by atoms with Gasteiger partial charge < -0.3 is 4.74 Å². The van der Waals surface area contributed by atoms with Crippen LogP contribution in [0.25, 0.3) is 10.9 Å². The van der Waals surface area contributed by atoms with Gasteiger partial charge in [0, 0.05) is 5.39 Å². The molecule has 0 saturated heterocycles. The Kier molecular flexibility index (Phi) is 4.56. The molecule has 162 valence electrons. The third-order valence-corrected chi connectivity index (χ3v) is 6.28. The van der Waals surface area contributed by atoms with E-state index in [1.807, 2.05) is 0 Å². The minimum absolute atomic E-state index is 0.0950. The van der Waals surface area contributed by atoms with Gasteiger partial charge in [0.1, 0.15) is 0 Å². The maximum Gasteiger partial charge on any atom is 0.181 e. The van der Waals surface area contributed by atoms with Gasteiger partial charge in [-0.3, -0.25) is 4.90 Å². The van der Waals surface area contributed by atoms with E-state index in [0.29, 0.717) is 0 Å². The highest BCUT2D eigenvalue weighted by molar-refractivity contribution is 5.92. The predicted molar refractivity (Wildman–Crippen MR) is 134 cm³/mol. The van der Waals surface area contributed by atoms with E-state index in [2.05, 4.69) is 108 Å². The fourth-order valence-corrected chi connectivity index (χ4v) is 4.59. The molecule has 3 nitrogen and oxygen atoms in total. The van der Waals surface area contributed by atoms with Crippen molar-refractivity contribution >= 4 is 28.1 Å². The van der Waals surface area contributed by atoms with Crippen LogP contribution in [-0.2, 0) is 5.41 Å². The van der Waals surface area contributed by atoms with Crippen molar-refractivity contribution in [1.82, 2.24) is 4.98 Å². The van der Waals surface area contributed by atoms with E-state index < -0.39 is 0 Å². The molecule has 1 aromatic heterocycles. The summed E-state index contributed by atoms with van der Waals surface area (Å²) in [6.45, 7) is 15.4. The lowest BCUT2D eigenvalue weighted by atomic mass is 9.84. The summed E-state index contributed by atoms with van der Waals surface area (Å²) in [4.78, 5) is 7.39. The Labute approximate surface area is 190 Å². The molecule has 3 heteroatoms. The van der Waals surface area contributed by atoms with E-state index in [0.717, 1.165) is 33.9 Å². The van der Waals surface area contributed by atoms with Crippen molar-refractivity contribution in [2.24, 2.45) is 0 Å². The number of aryl methyl sites for hydroxylation is 4. The molecule has 5 rings (SSSR count). The fraction of sp³-hybridized carbons (Fsp3) is 0.276. The summed E-state index contributed by atoms with van der Waals surface area (Å²) in [5, 5.41) is 1.09. The van der Waals surface area contributed by atoms with Gasteiger partial charge in [-0.15, -0.1) is 0 Å². The number of anilines is 3. The number of ether oxygens (including phenoxy) is 1. The minimum Gasteiger partial charge on any atom is -0.451 e. The molecule has 2 heterocycles. The van der Waals surface area contributed by atoms with Crippen molar-refractivity contribution in [1.29, 1.82) is 0 Å². The fourth-order valence-electron chi connectivity index (χ4n) is 4.59. The van der Waals surface area contributed by atoms with Crippen LogP contribution in [0.15, 0.2) is 54.6 Å². The van der Waals surface area contributed by atoms with Gasteiger partial charge in [-0.1, -0.05) is 50.6 Å². The molecule has 0 bridgehead atoms. The summed E-state index contributed by atoms with van der Waals surface area (Å²) in [6, 6.07) is 19.5. The van der Waals surface area contributed by atoms with Crippen LogP contribution in [-0.4, -0.2) is 4.98 Å². The van der Waals surface area contributed by atoms with Crippen molar-refractivity contribution in [3.63, 3.8) is 0 Å². The Morgan fingerprint density at radius 1 is 0.750 bits per heavy atom. The molecule has 0 radical (unpaired) electrons. The highest BCUT2D eigenvalue weighted by Crippen LogP contribution is 2.52. The van der Waals surface area contributed by atoms with Crippen molar-refractivity contribution in [2.45, 2.75) is 53.9 Å². The van der Waals surface area contributed by atoms with E-state index in [1.54, 1.807) is 0 Å². The predicted octanol–water partition coefficient (Wildman–Crippen LogP) is 8.34. The van der Waals surface area contributed by atoms with Crippen LogP contribution >= 0.6 is 0 Å². The third-order valence-electron chi connectivity index (χ3n) is 6.28. The minimum atomic E-state index is 0.0950. The van der Waals surface area contributed by atoms with Gasteiger partial charge >= 0.3 is 0 Å². The second-order valence-corrected chi connectivity index (χ2v) is 10.1. The maximum absolute atomic E-state index is 6.39. The second kappa shape index (κ2) is 7.09. The van der Waals surface area contributed by atoms with Gasteiger partial charge in [0.25, 0.3) is 0 Å². The Bertz CT molecular complexity index is 1360. The first-order valence-corrected chi connectivity index (χ1v) is 11.2. The van der Waals surface area contributed by atoms with Crippen LogP contribution in [0.3, 0.4) is 0 Å². The van der Waals surface area contributed by atoms with E-state index in [4.69, 9.17) is 9.72 Å². The molecule has 3 aromatic carbocycles. The third kappa shape index (κ3) is 3.33. The first kappa shape index (κ1) is 20.6. The molecule has 0 fully saturated rings. The average molecular weight is 423 g/mol. The monoisotopic (exact) mass is 422 g/mol. The van der Waals surface area contributed by atoms with Crippen LogP contribution in [0, 0.1) is 27.7 Å². The molecule has 0 spiro atoms. The summed E-state index contributed by atoms with van der Waals surface area (Å²) in [6.07, 6.45) is 0. The Morgan fingerprint density at radius 3 is 2.09 bits per heavy atom. The molecule has 0 atom stereocenters. The van der Waals surface area contributed by atoms with E-state index in [1.165, 1.54) is 33.5 Å². The van der Waals surface area contributed by atoms with Crippen molar-refractivity contribution < 1.29 is 4.74 Å². The van der Waals surface area contributed by atoms with Crippen LogP contribution < -0.4 is 9.64 Å². The van der Waals surface area contributed by atoms with Crippen molar-refractivity contribution in [3.8, 4) is 11.5 Å². The SMILES string of the molecule is Cc1ccc2c(c1)N(c1c(C)cc(C(C)(C)C)cc1C)c1nc3ccc(C)cc3cc1O2. The number of benzene rings is 3. The molecular weight excluding hydrogens is 392 g/mol. The summed E-state index contributed by atoms with van der Waals surface area (Å²) in [5.41, 5.74) is 9.50. The molecule has 1 aliphatic heterocycles. The molecule has 0 N–H and O–H groups in total. The maximum atomic E-state index is 6.39. The number of hydrogen-bond donors (Lipinski definition) is 0. The molecule has 0 saturated carbocycles. The van der Waals surface area contributed by atoms with E-state index in [9.17, 15) is 0 Å². The van der Waals surface area contributed by atoms with Gasteiger partial charge in [-0.05, 0) is 85.7 Å².